The Morgan fingerprint density at radius 3 is 2.89 bits per heavy atom. The minimum Gasteiger partial charge on any atom is -0.387 e. The monoisotopic (exact) mass is 266 g/mol. The average molecular weight is 266 g/mol. The van der Waals surface area contributed by atoms with Gasteiger partial charge in [-0.2, -0.15) is 0 Å². The van der Waals surface area contributed by atoms with Crippen LogP contribution in [0.2, 0.25) is 0 Å². The van der Waals surface area contributed by atoms with Crippen LogP contribution in [0, 0.1) is 5.82 Å². The zero-order valence-corrected chi connectivity index (χ0v) is 11.1. The van der Waals surface area contributed by atoms with Gasteiger partial charge in [-0.15, -0.1) is 11.3 Å². The number of hydrogen-bond donors (Lipinski definition) is 1. The highest BCUT2D eigenvalue weighted by Crippen LogP contribution is 2.24. The maximum Gasteiger partial charge on any atom is 0.185 e. The number of thiazole rings is 1. The second kappa shape index (κ2) is 5.46. The van der Waals surface area contributed by atoms with E-state index in [1.807, 2.05) is 23.4 Å². The minimum atomic E-state index is -0.558. The van der Waals surface area contributed by atoms with E-state index in [1.54, 1.807) is 13.0 Å². The molecule has 0 aliphatic heterocycles. The molecule has 1 N–H and O–H groups in total. The van der Waals surface area contributed by atoms with Gasteiger partial charge < -0.3 is 10.0 Å². The SMILES string of the molecule is CC(O)c1csc(N(C)Cc2cccc(F)c2)n1. The third-order valence-corrected chi connectivity index (χ3v) is 3.55. The van der Waals surface area contributed by atoms with E-state index in [4.69, 9.17) is 0 Å². The lowest BCUT2D eigenvalue weighted by atomic mass is 10.2. The molecule has 0 aliphatic rings. The first-order valence-corrected chi connectivity index (χ1v) is 6.53. The van der Waals surface area contributed by atoms with Crippen molar-refractivity contribution in [2.75, 3.05) is 11.9 Å². The highest BCUT2D eigenvalue weighted by Gasteiger charge is 2.10. The molecule has 0 spiro atoms. The van der Waals surface area contributed by atoms with E-state index >= 15 is 0 Å². The summed E-state index contributed by atoms with van der Waals surface area (Å²) in [6.07, 6.45) is -0.558. The number of benzene rings is 1. The molecule has 3 nitrogen and oxygen atoms in total. The fourth-order valence-electron chi connectivity index (χ4n) is 1.62. The predicted molar refractivity (Wildman–Crippen MR) is 71.3 cm³/mol. The molecule has 5 heteroatoms. The molecule has 2 aromatic rings. The Hall–Kier alpha value is -1.46. The second-order valence-corrected chi connectivity index (χ2v) is 5.05. The summed E-state index contributed by atoms with van der Waals surface area (Å²) in [7, 11) is 1.90. The van der Waals surface area contributed by atoms with Crippen molar-refractivity contribution in [3.8, 4) is 0 Å². The van der Waals surface area contributed by atoms with Crippen LogP contribution in [0.25, 0.3) is 0 Å². The predicted octanol–water partition coefficient (Wildman–Crippen LogP) is 2.97. The van der Waals surface area contributed by atoms with Crippen LogP contribution in [0.15, 0.2) is 29.6 Å². The van der Waals surface area contributed by atoms with Crippen molar-refractivity contribution in [1.82, 2.24) is 4.98 Å². The lowest BCUT2D eigenvalue weighted by Gasteiger charge is -2.15. The third kappa shape index (κ3) is 3.05. The van der Waals surface area contributed by atoms with E-state index in [1.165, 1.54) is 23.5 Å². The summed E-state index contributed by atoms with van der Waals surface area (Å²) >= 11 is 1.47. The molecular weight excluding hydrogens is 251 g/mol. The van der Waals surface area contributed by atoms with Gasteiger partial charge in [-0.3, -0.25) is 0 Å². The van der Waals surface area contributed by atoms with E-state index in [0.29, 0.717) is 12.2 Å². The first kappa shape index (κ1) is 13.0. The Morgan fingerprint density at radius 2 is 2.28 bits per heavy atom. The first-order valence-electron chi connectivity index (χ1n) is 5.65. The van der Waals surface area contributed by atoms with Crippen LogP contribution in [-0.2, 0) is 6.54 Å². The smallest absolute Gasteiger partial charge is 0.185 e. The topological polar surface area (TPSA) is 36.4 Å². The van der Waals surface area contributed by atoms with Crippen LogP contribution in [0.1, 0.15) is 24.3 Å². The summed E-state index contributed by atoms with van der Waals surface area (Å²) in [6, 6.07) is 6.52. The molecule has 18 heavy (non-hydrogen) atoms. The highest BCUT2D eigenvalue weighted by atomic mass is 32.1. The summed E-state index contributed by atoms with van der Waals surface area (Å²) in [5.41, 5.74) is 1.56. The Bertz CT molecular complexity index is 527. The van der Waals surface area contributed by atoms with Crippen molar-refractivity contribution >= 4 is 16.5 Å². The van der Waals surface area contributed by atoms with E-state index in [9.17, 15) is 9.50 Å². The molecular formula is C13H15FN2OS. The van der Waals surface area contributed by atoms with Gasteiger partial charge in [-0.25, -0.2) is 9.37 Å². The Kier molecular flexibility index (Phi) is 3.93. The second-order valence-electron chi connectivity index (χ2n) is 4.22. The summed E-state index contributed by atoms with van der Waals surface area (Å²) in [4.78, 5) is 6.26. The van der Waals surface area contributed by atoms with Crippen molar-refractivity contribution < 1.29 is 9.50 Å². The molecule has 1 unspecified atom stereocenters. The van der Waals surface area contributed by atoms with Gasteiger partial charge in [0, 0.05) is 19.0 Å². The number of hydrogen-bond acceptors (Lipinski definition) is 4. The van der Waals surface area contributed by atoms with Gasteiger partial charge in [0.2, 0.25) is 0 Å². The van der Waals surface area contributed by atoms with Crippen LogP contribution in [0.4, 0.5) is 9.52 Å². The summed E-state index contributed by atoms with van der Waals surface area (Å²) in [5.74, 6) is -0.232. The van der Waals surface area contributed by atoms with Gasteiger partial charge in [0.15, 0.2) is 5.13 Å². The Balaban J connectivity index is 2.09. The first-order chi connectivity index (χ1) is 8.56. The number of halogens is 1. The number of aliphatic hydroxyl groups is 1. The largest absolute Gasteiger partial charge is 0.387 e. The van der Waals surface area contributed by atoms with Gasteiger partial charge in [-0.05, 0) is 24.6 Å². The van der Waals surface area contributed by atoms with Crippen LogP contribution in [0.5, 0.6) is 0 Å². The van der Waals surface area contributed by atoms with Crippen LogP contribution in [0.3, 0.4) is 0 Å². The van der Waals surface area contributed by atoms with Crippen LogP contribution >= 0.6 is 11.3 Å². The van der Waals surface area contributed by atoms with E-state index in [-0.39, 0.29) is 5.82 Å². The quantitative estimate of drug-likeness (QED) is 0.924. The van der Waals surface area contributed by atoms with Crippen molar-refractivity contribution in [2.24, 2.45) is 0 Å². The molecule has 0 saturated heterocycles. The summed E-state index contributed by atoms with van der Waals surface area (Å²) in [6.45, 7) is 2.27. The van der Waals surface area contributed by atoms with E-state index in [2.05, 4.69) is 4.98 Å². The molecule has 1 heterocycles. The maximum atomic E-state index is 13.1. The number of aromatic nitrogens is 1. The fraction of sp³-hybridized carbons (Fsp3) is 0.308. The van der Waals surface area contributed by atoms with E-state index < -0.39 is 6.10 Å². The normalized spacial score (nSPS) is 12.4. The Morgan fingerprint density at radius 1 is 1.50 bits per heavy atom. The molecule has 0 saturated carbocycles. The van der Waals surface area contributed by atoms with Crippen molar-refractivity contribution in [3.05, 3.63) is 46.7 Å². The molecule has 0 aliphatic carbocycles. The molecule has 0 fully saturated rings. The lowest BCUT2D eigenvalue weighted by molar-refractivity contribution is 0.195. The van der Waals surface area contributed by atoms with Gasteiger partial charge in [0.05, 0.1) is 11.8 Å². The standard InChI is InChI=1S/C13H15FN2OS/c1-9(17)12-8-18-13(15-12)16(2)7-10-4-3-5-11(14)6-10/h3-6,8-9,17H,7H2,1-2H3. The van der Waals surface area contributed by atoms with E-state index in [0.717, 1.165) is 10.7 Å². The lowest BCUT2D eigenvalue weighted by Crippen LogP contribution is -2.16. The van der Waals surface area contributed by atoms with Crippen LogP contribution < -0.4 is 4.90 Å². The average Bonchev–Trinajstić information content (AvgIpc) is 2.78. The minimum absolute atomic E-state index is 0.232. The molecule has 1 aromatic heterocycles. The number of rotatable bonds is 4. The summed E-state index contributed by atoms with van der Waals surface area (Å²) < 4.78 is 13.1. The maximum absolute atomic E-state index is 13.1. The molecule has 0 amide bonds. The molecule has 0 bridgehead atoms. The van der Waals surface area contributed by atoms with Crippen LogP contribution in [-0.4, -0.2) is 17.1 Å². The molecule has 0 radical (unpaired) electrons. The zero-order chi connectivity index (χ0) is 13.1. The number of nitrogens with zero attached hydrogens (tertiary/aromatic N) is 2. The van der Waals surface area contributed by atoms with Gasteiger partial charge >= 0.3 is 0 Å². The number of anilines is 1. The van der Waals surface area contributed by atoms with Gasteiger partial charge in [0.25, 0.3) is 0 Å². The molecule has 1 atom stereocenters. The van der Waals surface area contributed by atoms with Crippen molar-refractivity contribution in [2.45, 2.75) is 19.6 Å². The fourth-order valence-corrected chi connectivity index (χ4v) is 2.50. The summed E-state index contributed by atoms with van der Waals surface area (Å²) in [5, 5.41) is 12.1. The van der Waals surface area contributed by atoms with Gasteiger partial charge in [-0.1, -0.05) is 12.1 Å². The highest BCUT2D eigenvalue weighted by molar-refractivity contribution is 7.13. The molecule has 1 aromatic carbocycles. The van der Waals surface area contributed by atoms with Gasteiger partial charge in [0.1, 0.15) is 5.82 Å². The molecule has 96 valence electrons. The van der Waals surface area contributed by atoms with Crippen molar-refractivity contribution in [1.29, 1.82) is 0 Å². The number of aliphatic hydroxyl groups excluding tert-OH is 1. The zero-order valence-electron chi connectivity index (χ0n) is 10.3. The third-order valence-electron chi connectivity index (χ3n) is 2.57. The van der Waals surface area contributed by atoms with Crippen molar-refractivity contribution in [3.63, 3.8) is 0 Å². The molecule has 2 rings (SSSR count). The Labute approximate surface area is 110 Å².